The summed E-state index contributed by atoms with van der Waals surface area (Å²) in [5.41, 5.74) is 0. The summed E-state index contributed by atoms with van der Waals surface area (Å²) in [6.07, 6.45) is 2.89. The molecule has 0 aliphatic carbocycles. The Kier molecular flexibility index (Phi) is 5.21. The summed E-state index contributed by atoms with van der Waals surface area (Å²) in [7, 11) is -3.20. The maximum absolute atomic E-state index is 12.2. The van der Waals surface area contributed by atoms with Gasteiger partial charge in [-0.2, -0.15) is 0 Å². The Morgan fingerprint density at radius 3 is 2.38 bits per heavy atom. The predicted molar refractivity (Wildman–Crippen MR) is 76.7 cm³/mol. The van der Waals surface area contributed by atoms with Crippen molar-refractivity contribution in [3.05, 3.63) is 0 Å². The Bertz CT molecular complexity index is 499. The van der Waals surface area contributed by atoms with E-state index < -0.39 is 21.8 Å². The van der Waals surface area contributed by atoms with Gasteiger partial charge in [-0.15, -0.1) is 0 Å². The average Bonchev–Trinajstić information content (AvgIpc) is 2.41. The quantitative estimate of drug-likeness (QED) is 0.756. The van der Waals surface area contributed by atoms with Crippen LogP contribution in [0.25, 0.3) is 0 Å². The molecule has 8 heteroatoms. The van der Waals surface area contributed by atoms with Crippen molar-refractivity contribution in [3.63, 3.8) is 0 Å². The normalized spacial score (nSPS) is 26.5. The van der Waals surface area contributed by atoms with Crippen molar-refractivity contribution in [3.8, 4) is 0 Å². The molecule has 0 radical (unpaired) electrons. The van der Waals surface area contributed by atoms with E-state index in [1.807, 2.05) is 0 Å². The molecule has 0 spiro atoms. The minimum atomic E-state index is -3.20. The van der Waals surface area contributed by atoms with E-state index in [1.54, 1.807) is 9.80 Å². The number of amides is 1. The van der Waals surface area contributed by atoms with Gasteiger partial charge in [0, 0.05) is 25.7 Å². The second-order valence-corrected chi connectivity index (χ2v) is 8.01. The molecule has 1 amide bonds. The standard InChI is InChI=1S/C13H22N2O5S/c16-12(14-4-2-1-3-5-14)9-15-6-7-21(19,20)10-11(15)8-13(17)18/h11H,1-10H2,(H,17,18). The number of carbonyl (C=O) groups excluding carboxylic acids is 1. The molecule has 0 bridgehead atoms. The summed E-state index contributed by atoms with van der Waals surface area (Å²) in [6.45, 7) is 1.84. The molecule has 1 unspecified atom stereocenters. The van der Waals surface area contributed by atoms with Crippen LogP contribution in [-0.2, 0) is 19.4 Å². The lowest BCUT2D eigenvalue weighted by molar-refractivity contribution is -0.140. The zero-order valence-corrected chi connectivity index (χ0v) is 12.8. The maximum Gasteiger partial charge on any atom is 0.304 e. The van der Waals surface area contributed by atoms with Crippen LogP contribution in [0.3, 0.4) is 0 Å². The highest BCUT2D eigenvalue weighted by atomic mass is 32.2. The maximum atomic E-state index is 12.2. The molecule has 2 rings (SSSR count). The van der Waals surface area contributed by atoms with Crippen LogP contribution in [0.2, 0.25) is 0 Å². The van der Waals surface area contributed by atoms with Gasteiger partial charge in [0.2, 0.25) is 5.91 Å². The number of likely N-dealkylation sites (tertiary alicyclic amines) is 1. The van der Waals surface area contributed by atoms with E-state index in [-0.39, 0.29) is 36.9 Å². The SMILES string of the molecule is O=C(O)CC1CS(=O)(=O)CCN1CC(=O)N1CCCCC1. The first kappa shape index (κ1) is 16.2. The minimum absolute atomic E-state index is 0.00357. The van der Waals surface area contributed by atoms with E-state index >= 15 is 0 Å². The lowest BCUT2D eigenvalue weighted by atomic mass is 10.1. The van der Waals surface area contributed by atoms with Gasteiger partial charge in [0.05, 0.1) is 24.5 Å². The van der Waals surface area contributed by atoms with Gasteiger partial charge in [-0.25, -0.2) is 8.42 Å². The fourth-order valence-corrected chi connectivity index (χ4v) is 4.53. The second kappa shape index (κ2) is 6.74. The van der Waals surface area contributed by atoms with Crippen LogP contribution in [0.4, 0.5) is 0 Å². The lowest BCUT2D eigenvalue weighted by Crippen LogP contribution is -2.53. The van der Waals surface area contributed by atoms with E-state index in [0.29, 0.717) is 0 Å². The molecule has 0 aromatic heterocycles. The number of hydrogen-bond acceptors (Lipinski definition) is 5. The number of sulfone groups is 1. The van der Waals surface area contributed by atoms with Gasteiger partial charge in [0.15, 0.2) is 9.84 Å². The van der Waals surface area contributed by atoms with Crippen molar-refractivity contribution in [1.29, 1.82) is 0 Å². The molecule has 0 aromatic carbocycles. The summed E-state index contributed by atoms with van der Waals surface area (Å²) in [4.78, 5) is 26.7. The molecular weight excluding hydrogens is 296 g/mol. The summed E-state index contributed by atoms with van der Waals surface area (Å²) >= 11 is 0. The molecule has 0 saturated carbocycles. The largest absolute Gasteiger partial charge is 0.481 e. The minimum Gasteiger partial charge on any atom is -0.481 e. The Balaban J connectivity index is 1.98. The van der Waals surface area contributed by atoms with E-state index in [2.05, 4.69) is 0 Å². The molecule has 7 nitrogen and oxygen atoms in total. The number of hydrogen-bond donors (Lipinski definition) is 1. The van der Waals surface area contributed by atoms with E-state index in [9.17, 15) is 18.0 Å². The number of carbonyl (C=O) groups is 2. The highest BCUT2D eigenvalue weighted by Gasteiger charge is 2.34. The van der Waals surface area contributed by atoms with Gasteiger partial charge in [-0.3, -0.25) is 14.5 Å². The summed E-state index contributed by atoms with van der Waals surface area (Å²) < 4.78 is 23.3. The lowest BCUT2D eigenvalue weighted by Gasteiger charge is -2.36. The Morgan fingerprint density at radius 1 is 1.10 bits per heavy atom. The molecular formula is C13H22N2O5S. The van der Waals surface area contributed by atoms with Crippen LogP contribution < -0.4 is 0 Å². The van der Waals surface area contributed by atoms with E-state index in [0.717, 1.165) is 32.4 Å². The molecule has 2 aliphatic heterocycles. The summed E-state index contributed by atoms with van der Waals surface area (Å²) in [5.74, 6) is -1.24. The van der Waals surface area contributed by atoms with Crippen molar-refractivity contribution < 1.29 is 23.1 Å². The van der Waals surface area contributed by atoms with Crippen molar-refractivity contribution >= 4 is 21.7 Å². The topological polar surface area (TPSA) is 95.0 Å². The van der Waals surface area contributed by atoms with Crippen molar-refractivity contribution in [2.45, 2.75) is 31.7 Å². The number of nitrogens with zero attached hydrogens (tertiary/aromatic N) is 2. The summed E-state index contributed by atoms with van der Waals surface area (Å²) in [6, 6.07) is -0.602. The number of piperidine rings is 1. The first-order valence-electron chi connectivity index (χ1n) is 7.31. The van der Waals surface area contributed by atoms with Gasteiger partial charge >= 0.3 is 5.97 Å². The first-order chi connectivity index (χ1) is 9.87. The Hall–Kier alpha value is -1.15. The Morgan fingerprint density at radius 2 is 1.76 bits per heavy atom. The van der Waals surface area contributed by atoms with Gasteiger partial charge < -0.3 is 10.0 Å². The fraction of sp³-hybridized carbons (Fsp3) is 0.846. The third kappa shape index (κ3) is 4.67. The van der Waals surface area contributed by atoms with Gasteiger partial charge in [-0.1, -0.05) is 0 Å². The first-order valence-corrected chi connectivity index (χ1v) is 9.13. The molecule has 2 saturated heterocycles. The fourth-order valence-electron chi connectivity index (χ4n) is 2.94. The van der Waals surface area contributed by atoms with Crippen LogP contribution >= 0.6 is 0 Å². The van der Waals surface area contributed by atoms with Crippen LogP contribution in [0.5, 0.6) is 0 Å². The van der Waals surface area contributed by atoms with Crippen LogP contribution in [0, 0.1) is 0 Å². The number of carboxylic acid groups (broad SMARTS) is 1. The molecule has 0 aromatic rings. The second-order valence-electron chi connectivity index (χ2n) is 5.78. The molecule has 120 valence electrons. The third-order valence-electron chi connectivity index (χ3n) is 4.11. The van der Waals surface area contributed by atoms with Gasteiger partial charge in [-0.05, 0) is 19.3 Å². The van der Waals surface area contributed by atoms with Crippen molar-refractivity contribution in [1.82, 2.24) is 9.80 Å². The predicted octanol–water partition coefficient (Wildman–Crippen LogP) is -0.427. The van der Waals surface area contributed by atoms with E-state index in [1.165, 1.54) is 0 Å². The summed E-state index contributed by atoms with van der Waals surface area (Å²) in [5, 5.41) is 8.92. The van der Waals surface area contributed by atoms with Crippen LogP contribution in [-0.4, -0.2) is 78.9 Å². The highest BCUT2D eigenvalue weighted by molar-refractivity contribution is 7.91. The zero-order chi connectivity index (χ0) is 15.5. The Labute approximate surface area is 124 Å². The highest BCUT2D eigenvalue weighted by Crippen LogP contribution is 2.16. The molecule has 2 aliphatic rings. The van der Waals surface area contributed by atoms with Crippen LogP contribution in [0.15, 0.2) is 0 Å². The van der Waals surface area contributed by atoms with E-state index in [4.69, 9.17) is 5.11 Å². The third-order valence-corrected chi connectivity index (χ3v) is 5.81. The van der Waals surface area contributed by atoms with Crippen molar-refractivity contribution in [2.24, 2.45) is 0 Å². The number of carboxylic acids is 1. The molecule has 1 atom stereocenters. The average molecular weight is 318 g/mol. The zero-order valence-electron chi connectivity index (χ0n) is 12.0. The monoisotopic (exact) mass is 318 g/mol. The van der Waals surface area contributed by atoms with Crippen LogP contribution in [0.1, 0.15) is 25.7 Å². The number of rotatable bonds is 4. The molecule has 1 N–H and O–H groups in total. The molecule has 2 fully saturated rings. The molecule has 2 heterocycles. The number of aliphatic carboxylic acids is 1. The smallest absolute Gasteiger partial charge is 0.304 e. The van der Waals surface area contributed by atoms with Gasteiger partial charge in [0.25, 0.3) is 0 Å². The molecule has 21 heavy (non-hydrogen) atoms. The van der Waals surface area contributed by atoms with Crippen molar-refractivity contribution in [2.75, 3.05) is 37.7 Å². The van der Waals surface area contributed by atoms with Gasteiger partial charge in [0.1, 0.15) is 0 Å².